The van der Waals surface area contributed by atoms with E-state index in [2.05, 4.69) is 15.0 Å². The maximum atomic E-state index is 11.8. The van der Waals surface area contributed by atoms with Gasteiger partial charge < -0.3 is 14.3 Å². The third kappa shape index (κ3) is 3.74. The number of rotatable bonds is 3. The molecule has 6 heteroatoms. The molecule has 3 aromatic rings. The Kier molecular flexibility index (Phi) is 4.33. The topological polar surface area (TPSA) is 72.3 Å². The van der Waals surface area contributed by atoms with Crippen LogP contribution in [0.4, 0.5) is 4.79 Å². The van der Waals surface area contributed by atoms with Gasteiger partial charge >= 0.3 is 6.09 Å². The number of carbonyl (C=O) groups is 1. The molecule has 0 unspecified atom stereocenters. The second kappa shape index (κ2) is 6.74. The van der Waals surface area contributed by atoms with E-state index < -0.39 is 6.09 Å². The van der Waals surface area contributed by atoms with Crippen LogP contribution >= 0.6 is 0 Å². The van der Waals surface area contributed by atoms with Crippen LogP contribution in [0.25, 0.3) is 11.4 Å². The fourth-order valence-electron chi connectivity index (χ4n) is 2.09. The van der Waals surface area contributed by atoms with Crippen molar-refractivity contribution >= 4 is 6.09 Å². The Hall–Kier alpha value is -3.15. The van der Waals surface area contributed by atoms with Crippen LogP contribution in [0, 0.1) is 0 Å². The summed E-state index contributed by atoms with van der Waals surface area (Å²) in [6.45, 7) is 0.195. The number of nitrogens with one attached hydrogen (secondary N) is 1. The minimum atomic E-state index is -0.640. The van der Waals surface area contributed by atoms with Gasteiger partial charge in [-0.15, -0.1) is 4.99 Å². The Morgan fingerprint density at radius 3 is 2.74 bits per heavy atom. The first kappa shape index (κ1) is 14.8. The van der Waals surface area contributed by atoms with Crippen LogP contribution in [0.15, 0.2) is 65.9 Å². The number of benzene rings is 1. The molecule has 0 radical (unpaired) electrons. The van der Waals surface area contributed by atoms with Crippen LogP contribution < -0.4 is 5.62 Å². The lowest BCUT2D eigenvalue weighted by Gasteiger charge is -2.00. The summed E-state index contributed by atoms with van der Waals surface area (Å²) >= 11 is 0. The van der Waals surface area contributed by atoms with Gasteiger partial charge in [-0.25, -0.2) is 4.79 Å². The Balaban J connectivity index is 1.74. The smallest absolute Gasteiger partial charge is 0.437 e. The van der Waals surface area contributed by atoms with Crippen LogP contribution in [0.1, 0.15) is 5.56 Å². The number of carbonyl (C=O) groups excluding carboxylic acids is 1. The zero-order valence-corrected chi connectivity index (χ0v) is 12.6. The number of aryl methyl sites for hydroxylation is 1. The van der Waals surface area contributed by atoms with Crippen molar-refractivity contribution in [2.24, 2.45) is 12.0 Å². The molecule has 1 aromatic carbocycles. The van der Waals surface area contributed by atoms with Crippen LogP contribution in [-0.4, -0.2) is 20.6 Å². The van der Waals surface area contributed by atoms with Crippen LogP contribution in [0.5, 0.6) is 0 Å². The molecule has 1 amide bonds. The minimum absolute atomic E-state index is 0.195. The quantitative estimate of drug-likeness (QED) is 0.808. The molecule has 2 aromatic heterocycles. The SMILES string of the molecule is Cn1cc(-c2ccccn2)[nH]c1=NC(=O)OCc1ccccc1. The molecular weight excluding hydrogens is 292 g/mol. The number of nitrogens with zero attached hydrogens (tertiary/aromatic N) is 3. The summed E-state index contributed by atoms with van der Waals surface area (Å²) in [7, 11) is 1.80. The van der Waals surface area contributed by atoms with E-state index in [0.717, 1.165) is 17.0 Å². The van der Waals surface area contributed by atoms with Gasteiger partial charge in [0, 0.05) is 19.4 Å². The molecule has 3 rings (SSSR count). The number of hydrogen-bond donors (Lipinski definition) is 1. The molecule has 1 N–H and O–H groups in total. The predicted octanol–water partition coefficient (Wildman–Crippen LogP) is 2.65. The van der Waals surface area contributed by atoms with Crippen LogP contribution in [0.2, 0.25) is 0 Å². The van der Waals surface area contributed by atoms with Crippen molar-refractivity contribution in [2.75, 3.05) is 0 Å². The number of pyridine rings is 1. The van der Waals surface area contributed by atoms with Gasteiger partial charge in [-0.05, 0) is 17.7 Å². The van der Waals surface area contributed by atoms with E-state index in [9.17, 15) is 4.79 Å². The van der Waals surface area contributed by atoms with Gasteiger partial charge in [0.25, 0.3) is 0 Å². The number of H-pyrrole nitrogens is 1. The monoisotopic (exact) mass is 308 g/mol. The van der Waals surface area contributed by atoms with Gasteiger partial charge in [-0.3, -0.25) is 4.98 Å². The van der Waals surface area contributed by atoms with Gasteiger partial charge in [0.15, 0.2) is 0 Å². The largest absolute Gasteiger partial charge is 0.443 e. The molecule has 6 nitrogen and oxygen atoms in total. The average molecular weight is 308 g/mol. The molecule has 0 saturated carbocycles. The number of imidazole rings is 1. The van der Waals surface area contributed by atoms with Crippen molar-refractivity contribution in [1.29, 1.82) is 0 Å². The van der Waals surface area contributed by atoms with Gasteiger partial charge in [0.1, 0.15) is 6.61 Å². The lowest BCUT2D eigenvalue weighted by atomic mass is 10.2. The lowest BCUT2D eigenvalue weighted by molar-refractivity contribution is 0.149. The number of aromatic amines is 1. The van der Waals surface area contributed by atoms with Crippen molar-refractivity contribution in [3.63, 3.8) is 0 Å². The summed E-state index contributed by atoms with van der Waals surface area (Å²) in [5.41, 5.74) is 2.88. The van der Waals surface area contributed by atoms with E-state index in [4.69, 9.17) is 4.74 Å². The summed E-state index contributed by atoms with van der Waals surface area (Å²) in [6, 6.07) is 15.1. The molecule has 0 spiro atoms. The molecule has 0 bridgehead atoms. The lowest BCUT2D eigenvalue weighted by Crippen LogP contribution is -2.18. The summed E-state index contributed by atoms with van der Waals surface area (Å²) in [5.74, 6) is 0. The predicted molar refractivity (Wildman–Crippen MR) is 85.2 cm³/mol. The molecule has 0 aliphatic rings. The van der Waals surface area contributed by atoms with E-state index in [1.807, 2.05) is 54.7 Å². The number of ether oxygens (including phenoxy) is 1. The maximum Gasteiger partial charge on any atom is 0.437 e. The number of amides is 1. The summed E-state index contributed by atoms with van der Waals surface area (Å²) in [6.07, 6.45) is 2.89. The van der Waals surface area contributed by atoms with E-state index >= 15 is 0 Å². The molecule has 0 aliphatic heterocycles. The van der Waals surface area contributed by atoms with E-state index in [0.29, 0.717) is 5.62 Å². The highest BCUT2D eigenvalue weighted by atomic mass is 16.5. The first-order valence-electron chi connectivity index (χ1n) is 7.15. The Morgan fingerprint density at radius 2 is 2.00 bits per heavy atom. The average Bonchev–Trinajstić information content (AvgIpc) is 2.95. The van der Waals surface area contributed by atoms with Crippen LogP contribution in [0.3, 0.4) is 0 Å². The van der Waals surface area contributed by atoms with Crippen molar-refractivity contribution in [2.45, 2.75) is 6.61 Å². The molecule has 0 saturated heterocycles. The van der Waals surface area contributed by atoms with Gasteiger partial charge in [-0.2, -0.15) is 0 Å². The molecule has 23 heavy (non-hydrogen) atoms. The molecule has 2 heterocycles. The first-order chi connectivity index (χ1) is 11.2. The fourth-order valence-corrected chi connectivity index (χ4v) is 2.09. The van der Waals surface area contributed by atoms with Gasteiger partial charge in [0.2, 0.25) is 5.62 Å². The Labute approximate surface area is 133 Å². The van der Waals surface area contributed by atoms with Crippen molar-refractivity contribution < 1.29 is 9.53 Å². The fraction of sp³-hybridized carbons (Fsp3) is 0.118. The minimum Gasteiger partial charge on any atom is -0.443 e. The van der Waals surface area contributed by atoms with Crippen LogP contribution in [-0.2, 0) is 18.4 Å². The first-order valence-corrected chi connectivity index (χ1v) is 7.15. The van der Waals surface area contributed by atoms with Gasteiger partial charge in [0.05, 0.1) is 11.4 Å². The second-order valence-corrected chi connectivity index (χ2v) is 4.97. The highest BCUT2D eigenvalue weighted by molar-refractivity contribution is 5.68. The number of hydrogen-bond acceptors (Lipinski definition) is 3. The maximum absolute atomic E-state index is 11.8. The van der Waals surface area contributed by atoms with E-state index in [-0.39, 0.29) is 6.61 Å². The van der Waals surface area contributed by atoms with Crippen molar-refractivity contribution in [3.05, 3.63) is 72.1 Å². The third-order valence-corrected chi connectivity index (χ3v) is 3.25. The third-order valence-electron chi connectivity index (χ3n) is 3.25. The van der Waals surface area contributed by atoms with Crippen molar-refractivity contribution in [1.82, 2.24) is 14.5 Å². The normalized spacial score (nSPS) is 11.4. The highest BCUT2D eigenvalue weighted by Crippen LogP contribution is 2.10. The molecular formula is C17H16N4O2. The summed E-state index contributed by atoms with van der Waals surface area (Å²) < 4.78 is 6.86. The second-order valence-electron chi connectivity index (χ2n) is 4.97. The molecule has 116 valence electrons. The Morgan fingerprint density at radius 1 is 1.22 bits per heavy atom. The standard InChI is InChI=1S/C17H16N4O2/c1-21-11-15(14-9-5-6-10-18-14)19-16(21)20-17(22)23-12-13-7-3-2-4-8-13/h2-11H,12H2,1H3,(H,19,20,22). The zero-order chi connectivity index (χ0) is 16.1. The molecule has 0 atom stereocenters. The van der Waals surface area contributed by atoms with Crippen molar-refractivity contribution in [3.8, 4) is 11.4 Å². The number of aromatic nitrogens is 3. The Bertz CT molecular complexity index is 851. The zero-order valence-electron chi connectivity index (χ0n) is 12.6. The van der Waals surface area contributed by atoms with E-state index in [1.165, 1.54) is 0 Å². The highest BCUT2D eigenvalue weighted by Gasteiger charge is 2.05. The van der Waals surface area contributed by atoms with Gasteiger partial charge in [-0.1, -0.05) is 36.4 Å². The van der Waals surface area contributed by atoms with E-state index in [1.54, 1.807) is 17.8 Å². The molecule has 0 fully saturated rings. The summed E-state index contributed by atoms with van der Waals surface area (Å²) in [4.78, 5) is 23.1. The molecule has 0 aliphatic carbocycles. The summed E-state index contributed by atoms with van der Waals surface area (Å²) in [5, 5.41) is 0.